The Bertz CT molecular complexity index is 723. The fourth-order valence-corrected chi connectivity index (χ4v) is 1.64. The molecule has 0 spiro atoms. The molecule has 0 aliphatic carbocycles. The smallest absolute Gasteiger partial charge is 0.287 e. The van der Waals surface area contributed by atoms with Crippen molar-refractivity contribution in [2.24, 2.45) is 0 Å². The number of rotatable bonds is 3. The fourth-order valence-electron chi connectivity index (χ4n) is 1.64. The molecule has 5 nitrogen and oxygen atoms in total. The van der Waals surface area contributed by atoms with Gasteiger partial charge in [-0.1, -0.05) is 6.07 Å². The zero-order valence-corrected chi connectivity index (χ0v) is 10.5. The van der Waals surface area contributed by atoms with Crippen LogP contribution in [0.3, 0.4) is 0 Å². The molecule has 0 unspecified atom stereocenters. The molecule has 0 aliphatic heterocycles. The van der Waals surface area contributed by atoms with E-state index in [9.17, 15) is 14.5 Å². The fraction of sp³-hybridized carbons (Fsp3) is 0.0714. The molecule has 100 valence electrons. The Labute approximate surface area is 114 Å². The lowest BCUT2D eigenvalue weighted by atomic mass is 10.2. The lowest BCUT2D eigenvalue weighted by Crippen LogP contribution is -1.94. The zero-order valence-electron chi connectivity index (χ0n) is 10.5. The van der Waals surface area contributed by atoms with Crippen LogP contribution in [0.4, 0.5) is 10.1 Å². The molecule has 0 bridgehead atoms. The van der Waals surface area contributed by atoms with Gasteiger partial charge in [0.25, 0.3) is 5.69 Å². The maximum Gasteiger partial charge on any atom is 0.287 e. The highest BCUT2D eigenvalue weighted by molar-refractivity contribution is 5.53. The average Bonchev–Trinajstić information content (AvgIpc) is 2.42. The summed E-state index contributed by atoms with van der Waals surface area (Å²) in [4.78, 5) is 10.1. The molecule has 0 atom stereocenters. The molecule has 0 amide bonds. The standard InChI is InChI=1S/C14H9FN2O3/c1-9-2-3-11(15)7-14(9)20-12-4-5-13(17(18)19)10(6-12)8-16/h2-7H,1H3. The van der Waals surface area contributed by atoms with E-state index in [1.165, 1.54) is 30.3 Å². The van der Waals surface area contributed by atoms with Gasteiger partial charge in [-0.15, -0.1) is 0 Å². The van der Waals surface area contributed by atoms with E-state index in [2.05, 4.69) is 0 Å². The number of aryl methyl sites for hydroxylation is 1. The zero-order chi connectivity index (χ0) is 14.7. The molecular formula is C14H9FN2O3. The van der Waals surface area contributed by atoms with Crippen LogP contribution in [-0.2, 0) is 0 Å². The Hall–Kier alpha value is -2.94. The number of nitro benzene ring substituents is 1. The highest BCUT2D eigenvalue weighted by Crippen LogP contribution is 2.29. The molecule has 0 N–H and O–H groups in total. The quantitative estimate of drug-likeness (QED) is 0.630. The van der Waals surface area contributed by atoms with E-state index >= 15 is 0 Å². The van der Waals surface area contributed by atoms with Crippen LogP contribution in [0.5, 0.6) is 11.5 Å². The van der Waals surface area contributed by atoms with E-state index in [0.717, 1.165) is 0 Å². The Morgan fingerprint density at radius 2 is 2.05 bits per heavy atom. The first-order valence-corrected chi connectivity index (χ1v) is 5.64. The number of nitrogens with zero attached hydrogens (tertiary/aromatic N) is 2. The van der Waals surface area contributed by atoms with E-state index in [4.69, 9.17) is 10.00 Å². The summed E-state index contributed by atoms with van der Waals surface area (Å²) in [6, 6.07) is 9.61. The van der Waals surface area contributed by atoms with Gasteiger partial charge in [0.15, 0.2) is 0 Å². The molecule has 2 aromatic carbocycles. The Kier molecular flexibility index (Phi) is 3.62. The van der Waals surface area contributed by atoms with Crippen molar-refractivity contribution in [3.63, 3.8) is 0 Å². The number of nitro groups is 1. The van der Waals surface area contributed by atoms with Crippen molar-refractivity contribution in [2.45, 2.75) is 6.92 Å². The number of ether oxygens (including phenoxy) is 1. The molecule has 0 aromatic heterocycles. The molecule has 2 rings (SSSR count). The summed E-state index contributed by atoms with van der Waals surface area (Å²) in [7, 11) is 0. The van der Waals surface area contributed by atoms with Crippen molar-refractivity contribution in [3.05, 3.63) is 63.5 Å². The van der Waals surface area contributed by atoms with Crippen LogP contribution >= 0.6 is 0 Å². The largest absolute Gasteiger partial charge is 0.457 e. The van der Waals surface area contributed by atoms with Gasteiger partial charge in [0.1, 0.15) is 28.9 Å². The topological polar surface area (TPSA) is 76.2 Å². The van der Waals surface area contributed by atoms with Crippen molar-refractivity contribution in [1.29, 1.82) is 5.26 Å². The third-order valence-corrected chi connectivity index (χ3v) is 2.66. The predicted molar refractivity (Wildman–Crippen MR) is 69.0 cm³/mol. The summed E-state index contributed by atoms with van der Waals surface area (Å²) in [5, 5.41) is 19.6. The first kappa shape index (κ1) is 13.5. The summed E-state index contributed by atoms with van der Waals surface area (Å²) >= 11 is 0. The molecule has 2 aromatic rings. The average molecular weight is 272 g/mol. The second-order valence-corrected chi connectivity index (χ2v) is 4.06. The third kappa shape index (κ3) is 2.72. The van der Waals surface area contributed by atoms with Gasteiger partial charge in [-0.05, 0) is 24.6 Å². The number of nitriles is 1. The van der Waals surface area contributed by atoms with E-state index in [1.807, 2.05) is 0 Å². The van der Waals surface area contributed by atoms with Crippen molar-refractivity contribution in [1.82, 2.24) is 0 Å². The second kappa shape index (κ2) is 5.36. The number of benzene rings is 2. The summed E-state index contributed by atoms with van der Waals surface area (Å²) in [6.45, 7) is 1.74. The molecule has 0 fully saturated rings. The van der Waals surface area contributed by atoms with Crippen LogP contribution in [0, 0.1) is 34.2 Å². The highest BCUT2D eigenvalue weighted by Gasteiger charge is 2.15. The lowest BCUT2D eigenvalue weighted by Gasteiger charge is -2.08. The maximum absolute atomic E-state index is 13.1. The number of hydrogen-bond acceptors (Lipinski definition) is 4. The monoisotopic (exact) mass is 272 g/mol. The minimum absolute atomic E-state index is 0.110. The Morgan fingerprint density at radius 3 is 2.70 bits per heavy atom. The van der Waals surface area contributed by atoms with Gasteiger partial charge in [-0.3, -0.25) is 10.1 Å². The van der Waals surface area contributed by atoms with Crippen LogP contribution in [0.1, 0.15) is 11.1 Å². The summed E-state index contributed by atoms with van der Waals surface area (Å²) < 4.78 is 18.6. The molecular weight excluding hydrogens is 263 g/mol. The first-order chi connectivity index (χ1) is 9.51. The Morgan fingerprint density at radius 1 is 1.30 bits per heavy atom. The van der Waals surface area contributed by atoms with E-state index in [1.54, 1.807) is 19.1 Å². The minimum Gasteiger partial charge on any atom is -0.457 e. The van der Waals surface area contributed by atoms with Crippen molar-refractivity contribution < 1.29 is 14.1 Å². The third-order valence-electron chi connectivity index (χ3n) is 2.66. The van der Waals surface area contributed by atoms with Gasteiger partial charge in [0.2, 0.25) is 0 Å². The summed E-state index contributed by atoms with van der Waals surface area (Å²) in [6.07, 6.45) is 0. The van der Waals surface area contributed by atoms with Gasteiger partial charge < -0.3 is 4.74 Å². The van der Waals surface area contributed by atoms with E-state index in [0.29, 0.717) is 11.3 Å². The van der Waals surface area contributed by atoms with Crippen molar-refractivity contribution >= 4 is 5.69 Å². The van der Waals surface area contributed by atoms with Crippen molar-refractivity contribution in [3.8, 4) is 17.6 Å². The SMILES string of the molecule is Cc1ccc(F)cc1Oc1ccc([N+](=O)[O-])c(C#N)c1. The normalized spacial score (nSPS) is 9.85. The molecule has 6 heteroatoms. The van der Waals surface area contributed by atoms with Crippen LogP contribution in [-0.4, -0.2) is 4.92 Å². The minimum atomic E-state index is -0.643. The molecule has 20 heavy (non-hydrogen) atoms. The van der Waals surface area contributed by atoms with Crippen LogP contribution < -0.4 is 4.74 Å². The van der Waals surface area contributed by atoms with Crippen LogP contribution in [0.25, 0.3) is 0 Å². The van der Waals surface area contributed by atoms with Gasteiger partial charge >= 0.3 is 0 Å². The molecule has 0 radical (unpaired) electrons. The van der Waals surface area contributed by atoms with Crippen molar-refractivity contribution in [2.75, 3.05) is 0 Å². The molecule has 0 saturated heterocycles. The number of hydrogen-bond donors (Lipinski definition) is 0. The van der Waals surface area contributed by atoms with Gasteiger partial charge in [-0.2, -0.15) is 5.26 Å². The second-order valence-electron chi connectivity index (χ2n) is 4.06. The lowest BCUT2D eigenvalue weighted by molar-refractivity contribution is -0.385. The highest BCUT2D eigenvalue weighted by atomic mass is 19.1. The first-order valence-electron chi connectivity index (χ1n) is 5.64. The molecule has 0 aliphatic rings. The Balaban J connectivity index is 2.38. The number of halogens is 1. The predicted octanol–water partition coefficient (Wildman–Crippen LogP) is 3.71. The van der Waals surface area contributed by atoms with E-state index in [-0.39, 0.29) is 17.0 Å². The van der Waals surface area contributed by atoms with Crippen LogP contribution in [0.2, 0.25) is 0 Å². The van der Waals surface area contributed by atoms with Crippen LogP contribution in [0.15, 0.2) is 36.4 Å². The molecule has 0 saturated carbocycles. The van der Waals surface area contributed by atoms with Gasteiger partial charge in [-0.25, -0.2) is 4.39 Å². The summed E-state index contributed by atoms with van der Waals surface area (Å²) in [5.74, 6) is 0.0802. The summed E-state index contributed by atoms with van der Waals surface area (Å²) in [5.41, 5.74) is 0.306. The maximum atomic E-state index is 13.1. The molecule has 0 heterocycles. The van der Waals surface area contributed by atoms with Gasteiger partial charge in [0, 0.05) is 18.2 Å². The van der Waals surface area contributed by atoms with E-state index < -0.39 is 10.7 Å². The van der Waals surface area contributed by atoms with Gasteiger partial charge in [0.05, 0.1) is 4.92 Å².